The SMILES string of the molecule is C=C(C(=O)OC(OCCCCC(F)(F)C(F)(F)S)(C(=O)N(CC)CC)C(F)(F)F)C(F)(F)F. The van der Waals surface area contributed by atoms with Crippen LogP contribution in [0.25, 0.3) is 0 Å². The van der Waals surface area contributed by atoms with Crippen LogP contribution in [0.1, 0.15) is 33.1 Å². The molecule has 0 spiro atoms. The third-order valence-electron chi connectivity index (χ3n) is 4.16. The van der Waals surface area contributed by atoms with Gasteiger partial charge in [0.25, 0.3) is 0 Å². The summed E-state index contributed by atoms with van der Waals surface area (Å²) in [5.74, 6) is -14.0. The van der Waals surface area contributed by atoms with Gasteiger partial charge in [0.2, 0.25) is 0 Å². The predicted molar refractivity (Wildman–Crippen MR) is 96.7 cm³/mol. The van der Waals surface area contributed by atoms with Crippen LogP contribution in [-0.2, 0) is 19.1 Å². The molecule has 0 aliphatic rings. The van der Waals surface area contributed by atoms with Crippen molar-refractivity contribution in [2.24, 2.45) is 0 Å². The molecule has 5 nitrogen and oxygen atoms in total. The number of hydrogen-bond acceptors (Lipinski definition) is 5. The van der Waals surface area contributed by atoms with E-state index in [4.69, 9.17) is 0 Å². The maximum absolute atomic E-state index is 13.8. The number of unbranched alkanes of at least 4 members (excludes halogenated alkanes) is 1. The van der Waals surface area contributed by atoms with Crippen LogP contribution in [0, 0.1) is 0 Å². The summed E-state index contributed by atoms with van der Waals surface area (Å²) in [6, 6.07) is 0. The molecule has 0 N–H and O–H groups in total. The number of nitrogens with zero attached hydrogens (tertiary/aromatic N) is 1. The minimum absolute atomic E-state index is 0.405. The van der Waals surface area contributed by atoms with E-state index < -0.39 is 85.7 Å². The molecule has 0 aromatic carbocycles. The van der Waals surface area contributed by atoms with Gasteiger partial charge < -0.3 is 14.4 Å². The minimum Gasteiger partial charge on any atom is -0.412 e. The molecule has 0 radical (unpaired) electrons. The Morgan fingerprint density at radius 2 is 1.39 bits per heavy atom. The van der Waals surface area contributed by atoms with Gasteiger partial charge in [0.15, 0.2) is 0 Å². The maximum Gasteiger partial charge on any atom is 0.466 e. The first-order valence-corrected chi connectivity index (χ1v) is 9.60. The Morgan fingerprint density at radius 1 is 0.909 bits per heavy atom. The van der Waals surface area contributed by atoms with Crippen LogP contribution in [-0.4, -0.2) is 65.8 Å². The molecular weight excluding hydrogens is 504 g/mol. The molecule has 0 aromatic heterocycles. The van der Waals surface area contributed by atoms with Gasteiger partial charge in [-0.1, -0.05) is 19.2 Å². The van der Waals surface area contributed by atoms with E-state index in [1.165, 1.54) is 13.8 Å². The fourth-order valence-electron chi connectivity index (χ4n) is 2.24. The van der Waals surface area contributed by atoms with Crippen molar-refractivity contribution in [1.82, 2.24) is 4.90 Å². The average Bonchev–Trinajstić information content (AvgIpc) is 2.64. The first-order valence-electron chi connectivity index (χ1n) is 9.15. The minimum atomic E-state index is -5.92. The number of ether oxygens (including phenoxy) is 2. The highest BCUT2D eigenvalue weighted by Gasteiger charge is 2.67. The van der Waals surface area contributed by atoms with Gasteiger partial charge >= 0.3 is 41.2 Å². The van der Waals surface area contributed by atoms with E-state index in [0.29, 0.717) is 4.90 Å². The van der Waals surface area contributed by atoms with E-state index >= 15 is 0 Å². The van der Waals surface area contributed by atoms with E-state index in [1.807, 2.05) is 0 Å². The van der Waals surface area contributed by atoms with Gasteiger partial charge in [-0.2, -0.15) is 43.9 Å². The lowest BCUT2D eigenvalue weighted by Gasteiger charge is -2.36. The fourth-order valence-corrected chi connectivity index (χ4v) is 2.35. The smallest absolute Gasteiger partial charge is 0.412 e. The highest BCUT2D eigenvalue weighted by atomic mass is 32.1. The zero-order valence-corrected chi connectivity index (χ0v) is 18.2. The molecule has 0 rings (SSSR count). The van der Waals surface area contributed by atoms with E-state index in [-0.39, 0.29) is 0 Å². The van der Waals surface area contributed by atoms with Gasteiger partial charge in [-0.25, -0.2) is 4.79 Å². The molecule has 0 aromatic rings. The van der Waals surface area contributed by atoms with Crippen molar-refractivity contribution in [2.45, 2.75) is 62.4 Å². The number of rotatable bonds is 12. The summed E-state index contributed by atoms with van der Waals surface area (Å²) in [7, 11) is 0. The van der Waals surface area contributed by atoms with Crippen LogP contribution in [0.15, 0.2) is 12.2 Å². The Kier molecular flexibility index (Phi) is 10.6. The topological polar surface area (TPSA) is 55.8 Å². The number of likely N-dealkylation sites (N-methyl/N-ethyl adjacent to an activating group) is 1. The molecule has 0 heterocycles. The molecule has 1 atom stereocenters. The third kappa shape index (κ3) is 7.93. The summed E-state index contributed by atoms with van der Waals surface area (Å²) in [4.78, 5) is 24.6. The zero-order valence-electron chi connectivity index (χ0n) is 17.3. The number of thiol groups is 1. The molecule has 0 fully saturated rings. The molecule has 33 heavy (non-hydrogen) atoms. The second-order valence-electron chi connectivity index (χ2n) is 6.51. The highest BCUT2D eigenvalue weighted by molar-refractivity contribution is 7.81. The molecule has 0 saturated carbocycles. The van der Waals surface area contributed by atoms with Crippen LogP contribution >= 0.6 is 12.6 Å². The Morgan fingerprint density at radius 3 is 1.76 bits per heavy atom. The molecule has 0 aliphatic carbocycles. The standard InChI is InChI=1S/C17H21F10NO4S/c1-4-28(5-2)12(30)14(16(23,24)25,32-11(29)10(3)15(20,21)22)31-9-7-6-8-13(18,19)17(26,27)33/h33H,3-9H2,1-2H3. The highest BCUT2D eigenvalue weighted by Crippen LogP contribution is 2.41. The lowest BCUT2D eigenvalue weighted by atomic mass is 10.1. The summed E-state index contributed by atoms with van der Waals surface area (Å²) in [5.41, 5.74) is -2.37. The van der Waals surface area contributed by atoms with Crippen LogP contribution in [0.3, 0.4) is 0 Å². The van der Waals surface area contributed by atoms with Gasteiger partial charge in [0.05, 0.1) is 6.61 Å². The largest absolute Gasteiger partial charge is 0.466 e. The maximum atomic E-state index is 13.8. The van der Waals surface area contributed by atoms with Crippen molar-refractivity contribution in [3.05, 3.63) is 12.2 Å². The van der Waals surface area contributed by atoms with Gasteiger partial charge in [0, 0.05) is 19.5 Å². The number of alkyl halides is 10. The van der Waals surface area contributed by atoms with Crippen LogP contribution in [0.5, 0.6) is 0 Å². The summed E-state index contributed by atoms with van der Waals surface area (Å²) in [6.07, 6.45) is -14.6. The van der Waals surface area contributed by atoms with Gasteiger partial charge in [-0.05, 0) is 26.7 Å². The van der Waals surface area contributed by atoms with Crippen molar-refractivity contribution in [1.29, 1.82) is 0 Å². The second kappa shape index (κ2) is 11.1. The summed E-state index contributed by atoms with van der Waals surface area (Å²) < 4.78 is 139. The van der Waals surface area contributed by atoms with Gasteiger partial charge in [-0.15, -0.1) is 0 Å². The molecular formula is C17H21F10NO4S. The summed E-state index contributed by atoms with van der Waals surface area (Å²) in [6.45, 7) is 2.62. The lowest BCUT2D eigenvalue weighted by molar-refractivity contribution is -0.351. The fraction of sp³-hybridized carbons (Fsp3) is 0.765. The van der Waals surface area contributed by atoms with E-state index in [1.54, 1.807) is 0 Å². The summed E-state index contributed by atoms with van der Waals surface area (Å²) >= 11 is 2.42. The number of hydrogen-bond donors (Lipinski definition) is 1. The second-order valence-corrected chi connectivity index (χ2v) is 7.07. The van der Waals surface area contributed by atoms with Gasteiger partial charge in [-0.3, -0.25) is 4.79 Å². The Hall–Kier alpha value is -1.71. The molecule has 0 saturated heterocycles. The Labute approximate surface area is 187 Å². The zero-order chi connectivity index (χ0) is 26.5. The van der Waals surface area contributed by atoms with Gasteiger partial charge in [0.1, 0.15) is 5.57 Å². The van der Waals surface area contributed by atoms with Crippen molar-refractivity contribution in [2.75, 3.05) is 19.7 Å². The Balaban J connectivity index is 5.88. The molecule has 16 heteroatoms. The number of carbonyl (C=O) groups is 2. The molecule has 1 amide bonds. The van der Waals surface area contributed by atoms with Crippen molar-refractivity contribution in [3.8, 4) is 0 Å². The lowest BCUT2D eigenvalue weighted by Crippen LogP contribution is -2.62. The molecule has 1 unspecified atom stereocenters. The number of halogens is 10. The van der Waals surface area contributed by atoms with Crippen LogP contribution in [0.2, 0.25) is 0 Å². The number of carbonyl (C=O) groups excluding carboxylic acids is 2. The van der Waals surface area contributed by atoms with E-state index in [0.717, 1.165) is 0 Å². The predicted octanol–water partition coefficient (Wildman–Crippen LogP) is 5.12. The monoisotopic (exact) mass is 525 g/mol. The van der Waals surface area contributed by atoms with Crippen molar-refractivity contribution < 1.29 is 63.0 Å². The first kappa shape index (κ1) is 31.3. The Bertz CT molecular complexity index is 701. The van der Waals surface area contributed by atoms with Crippen LogP contribution < -0.4 is 0 Å². The molecule has 194 valence electrons. The summed E-state index contributed by atoms with van der Waals surface area (Å²) in [5, 5.41) is -4.73. The first-order chi connectivity index (χ1) is 14.7. The van der Waals surface area contributed by atoms with E-state index in [9.17, 15) is 53.5 Å². The number of esters is 1. The molecule has 0 aliphatic heterocycles. The quantitative estimate of drug-likeness (QED) is 0.0960. The average molecular weight is 525 g/mol. The van der Waals surface area contributed by atoms with Crippen LogP contribution in [0.4, 0.5) is 43.9 Å². The van der Waals surface area contributed by atoms with Crippen molar-refractivity contribution in [3.63, 3.8) is 0 Å². The number of amides is 1. The normalized spacial score (nSPS) is 15.1. The van der Waals surface area contributed by atoms with Crippen molar-refractivity contribution >= 4 is 24.5 Å². The molecule has 0 bridgehead atoms. The third-order valence-corrected chi connectivity index (χ3v) is 4.49. The van der Waals surface area contributed by atoms with E-state index in [2.05, 4.69) is 28.7 Å².